The Morgan fingerprint density at radius 1 is 0.855 bits per heavy atom. The van der Waals surface area contributed by atoms with E-state index in [0.717, 1.165) is 17.8 Å². The Morgan fingerprint density at radius 2 is 1.52 bits per heavy atom. The van der Waals surface area contributed by atoms with Crippen molar-refractivity contribution in [3.8, 4) is 11.4 Å². The van der Waals surface area contributed by atoms with Crippen LogP contribution in [0.2, 0.25) is 0 Å². The van der Waals surface area contributed by atoms with Gasteiger partial charge in [0.15, 0.2) is 23.2 Å². The van der Waals surface area contributed by atoms with Crippen LogP contribution in [0.15, 0.2) is 101 Å². The predicted molar refractivity (Wildman–Crippen MR) is 228 cm³/mol. The Balaban J connectivity index is 1.18. The number of aromatic nitrogens is 3. The lowest BCUT2D eigenvalue weighted by Gasteiger charge is -2.20. The van der Waals surface area contributed by atoms with Gasteiger partial charge in [-0.3, -0.25) is 14.4 Å². The van der Waals surface area contributed by atoms with Gasteiger partial charge in [0.05, 0.1) is 35.0 Å². The third-order valence-electron chi connectivity index (χ3n) is 9.05. The van der Waals surface area contributed by atoms with Gasteiger partial charge in [0.1, 0.15) is 12.2 Å². The maximum Gasteiger partial charge on any atom is 0.407 e. The number of carbonyl (C=O) groups excluding carboxylic acids is 4. The van der Waals surface area contributed by atoms with Crippen molar-refractivity contribution in [3.05, 3.63) is 125 Å². The number of amides is 3. The number of anilines is 1. The van der Waals surface area contributed by atoms with Gasteiger partial charge in [-0.05, 0) is 124 Å². The molecular formula is C44H50F2N10O6. The zero-order valence-electron chi connectivity index (χ0n) is 35.2. The fourth-order valence-electron chi connectivity index (χ4n) is 5.83. The van der Waals surface area contributed by atoms with E-state index in [4.69, 9.17) is 15.2 Å². The summed E-state index contributed by atoms with van der Waals surface area (Å²) >= 11 is 0. The topological polar surface area (TPSA) is 208 Å². The van der Waals surface area contributed by atoms with Crippen LogP contribution in [0, 0.1) is 11.6 Å². The Bertz CT molecular complexity index is 2340. The number of alkyl carbamates (subject to hydrolysis) is 1. The van der Waals surface area contributed by atoms with Crippen molar-refractivity contribution in [2.24, 2.45) is 16.0 Å². The molecular weight excluding hydrogens is 803 g/mol. The summed E-state index contributed by atoms with van der Waals surface area (Å²) in [4.78, 5) is 53.8. The highest BCUT2D eigenvalue weighted by atomic mass is 19.1. The molecule has 16 nitrogen and oxygen atoms in total. The number of hydrogen-bond donors (Lipinski definition) is 4. The highest BCUT2D eigenvalue weighted by Crippen LogP contribution is 2.25. The monoisotopic (exact) mass is 852 g/mol. The SMILES string of the molecule is CN(C)c1ccc(/N=N/c2ccc(C(=O)NCc3cc(F)c(OCC(=O)[C@H](CCCCNC(=O)OC(C)(C)C)NC(=O)c4cccc(-n5cc(CN)nn5)c4)c(F)c3)cc2)cc1. The summed E-state index contributed by atoms with van der Waals surface area (Å²) in [5.74, 6) is -4.72. The van der Waals surface area contributed by atoms with Crippen LogP contribution < -0.4 is 31.3 Å². The minimum Gasteiger partial charge on any atom is -0.480 e. The van der Waals surface area contributed by atoms with Crippen LogP contribution in [0.1, 0.15) is 72.0 Å². The predicted octanol–water partition coefficient (Wildman–Crippen LogP) is 6.86. The van der Waals surface area contributed by atoms with Crippen LogP contribution in [0.3, 0.4) is 0 Å². The number of nitrogens with one attached hydrogen (secondary N) is 3. The molecule has 0 fully saturated rings. The minimum absolute atomic E-state index is 0.107. The lowest BCUT2D eigenvalue weighted by Crippen LogP contribution is -2.43. The van der Waals surface area contributed by atoms with Crippen molar-refractivity contribution < 1.29 is 37.4 Å². The standard InChI is InChI=1S/C44H50F2N10O6/c1-44(2,3)62-43(60)48-20-7-6-11-38(50-42(59)30-9-8-10-35(23-30)56-26-33(24-47)53-54-56)39(57)27-61-40-36(45)21-28(22-37(40)46)25-49-41(58)29-12-14-31(15-13-29)51-52-32-16-18-34(19-17-32)55(4)5/h8-10,12-19,21-23,26,38H,6-7,11,20,24-25,27,47H2,1-5H3,(H,48,60)(H,49,58)(H,50,59)/b52-51+/t38-/m0/s1. The van der Waals surface area contributed by atoms with Crippen LogP contribution in [0.4, 0.5) is 30.6 Å². The minimum atomic E-state index is -1.12. The molecule has 5 aromatic rings. The fourth-order valence-corrected chi connectivity index (χ4v) is 5.83. The van der Waals surface area contributed by atoms with Gasteiger partial charge in [-0.15, -0.1) is 5.10 Å². The normalized spacial score (nSPS) is 11.8. The van der Waals surface area contributed by atoms with E-state index in [1.165, 1.54) is 4.68 Å². The number of hydrogen-bond acceptors (Lipinski definition) is 12. The molecule has 5 rings (SSSR count). The Morgan fingerprint density at radius 3 is 2.13 bits per heavy atom. The second kappa shape index (κ2) is 21.4. The van der Waals surface area contributed by atoms with Crippen LogP contribution in [0.25, 0.3) is 5.69 Å². The van der Waals surface area contributed by atoms with Gasteiger partial charge in [0.2, 0.25) is 0 Å². The van der Waals surface area contributed by atoms with Crippen molar-refractivity contribution in [2.45, 2.75) is 64.8 Å². The molecule has 326 valence electrons. The van der Waals surface area contributed by atoms with Gasteiger partial charge in [0.25, 0.3) is 11.8 Å². The first kappa shape index (κ1) is 46.0. The van der Waals surface area contributed by atoms with E-state index in [0.29, 0.717) is 41.2 Å². The maximum absolute atomic E-state index is 15.3. The molecule has 0 saturated carbocycles. The van der Waals surface area contributed by atoms with E-state index in [-0.39, 0.29) is 37.2 Å². The molecule has 62 heavy (non-hydrogen) atoms. The summed E-state index contributed by atoms with van der Waals surface area (Å²) in [5.41, 5.74) is 8.85. The van der Waals surface area contributed by atoms with Gasteiger partial charge in [-0.1, -0.05) is 11.3 Å². The number of halogens is 2. The average molecular weight is 853 g/mol. The number of Topliss-reactive ketones (excluding diaryl/α,β-unsaturated/α-hetero) is 1. The highest BCUT2D eigenvalue weighted by Gasteiger charge is 2.24. The van der Waals surface area contributed by atoms with Crippen molar-refractivity contribution in [2.75, 3.05) is 32.1 Å². The van der Waals surface area contributed by atoms with Gasteiger partial charge in [-0.25, -0.2) is 18.3 Å². The number of azo groups is 1. The summed E-state index contributed by atoms with van der Waals surface area (Å²) in [6, 6.07) is 21.2. The van der Waals surface area contributed by atoms with E-state index in [2.05, 4.69) is 36.5 Å². The molecule has 0 bridgehead atoms. The number of ether oxygens (including phenoxy) is 2. The molecule has 0 saturated heterocycles. The van der Waals surface area contributed by atoms with E-state index in [1.54, 1.807) is 75.5 Å². The van der Waals surface area contributed by atoms with Gasteiger partial charge in [-0.2, -0.15) is 10.2 Å². The average Bonchev–Trinajstić information content (AvgIpc) is 3.73. The molecule has 0 aliphatic heterocycles. The molecule has 5 N–H and O–H groups in total. The van der Waals surface area contributed by atoms with Crippen LogP contribution >= 0.6 is 0 Å². The Hall–Kier alpha value is -7.08. The smallest absolute Gasteiger partial charge is 0.407 e. The summed E-state index contributed by atoms with van der Waals surface area (Å²) in [6.45, 7) is 4.65. The van der Waals surface area contributed by atoms with E-state index in [9.17, 15) is 19.2 Å². The van der Waals surface area contributed by atoms with Crippen LogP contribution in [-0.2, 0) is 22.6 Å². The second-order valence-corrected chi connectivity index (χ2v) is 15.3. The number of ketones is 1. The number of carbonyl (C=O) groups is 4. The van der Waals surface area contributed by atoms with Crippen molar-refractivity contribution >= 4 is 40.8 Å². The van der Waals surface area contributed by atoms with Gasteiger partial charge in [0, 0.05) is 50.5 Å². The van der Waals surface area contributed by atoms with Gasteiger partial charge < -0.3 is 36.1 Å². The Kier molecular flexibility index (Phi) is 15.9. The first-order chi connectivity index (χ1) is 29.6. The third kappa shape index (κ3) is 13.7. The van der Waals surface area contributed by atoms with Gasteiger partial charge >= 0.3 is 6.09 Å². The zero-order valence-corrected chi connectivity index (χ0v) is 35.2. The molecule has 4 aromatic carbocycles. The van der Waals surface area contributed by atoms with Crippen molar-refractivity contribution in [3.63, 3.8) is 0 Å². The van der Waals surface area contributed by atoms with Crippen LogP contribution in [-0.4, -0.2) is 77.6 Å². The lowest BCUT2D eigenvalue weighted by molar-refractivity contribution is -0.123. The number of nitrogens with two attached hydrogens (primary N) is 1. The molecule has 3 amide bonds. The number of rotatable bonds is 19. The number of nitrogens with zero attached hydrogens (tertiary/aromatic N) is 6. The zero-order chi connectivity index (χ0) is 44.8. The van der Waals surface area contributed by atoms with E-state index in [1.807, 2.05) is 43.3 Å². The fraction of sp³-hybridized carbons (Fsp3) is 0.318. The summed E-state index contributed by atoms with van der Waals surface area (Å²) in [7, 11) is 3.88. The maximum atomic E-state index is 15.3. The molecule has 0 radical (unpaired) electrons. The summed E-state index contributed by atoms with van der Waals surface area (Å²) in [6.07, 6.45) is 1.95. The van der Waals surface area contributed by atoms with E-state index < -0.39 is 59.3 Å². The molecule has 1 aromatic heterocycles. The largest absolute Gasteiger partial charge is 0.480 e. The summed E-state index contributed by atoms with van der Waals surface area (Å²) < 4.78 is 42.6. The molecule has 0 unspecified atom stereocenters. The van der Waals surface area contributed by atoms with Crippen LogP contribution in [0.5, 0.6) is 5.75 Å². The quantitative estimate of drug-likeness (QED) is 0.0502. The van der Waals surface area contributed by atoms with Crippen molar-refractivity contribution in [1.29, 1.82) is 0 Å². The second-order valence-electron chi connectivity index (χ2n) is 15.3. The molecule has 0 aliphatic carbocycles. The first-order valence-electron chi connectivity index (χ1n) is 19.8. The number of unbranched alkanes of at least 4 members (excludes halogenated alkanes) is 1. The molecule has 1 atom stereocenters. The highest BCUT2D eigenvalue weighted by molar-refractivity contribution is 5.98. The molecule has 18 heteroatoms. The molecule has 0 spiro atoms. The number of benzene rings is 4. The lowest BCUT2D eigenvalue weighted by atomic mass is 10.0. The van der Waals surface area contributed by atoms with Crippen molar-refractivity contribution in [1.82, 2.24) is 30.9 Å². The third-order valence-corrected chi connectivity index (χ3v) is 9.05. The Labute approximate surface area is 357 Å². The molecule has 1 heterocycles. The van der Waals surface area contributed by atoms with E-state index >= 15 is 8.78 Å². The molecule has 0 aliphatic rings. The first-order valence-corrected chi connectivity index (χ1v) is 19.8. The summed E-state index contributed by atoms with van der Waals surface area (Å²) in [5, 5.41) is 24.4.